The van der Waals surface area contributed by atoms with E-state index in [1.807, 2.05) is 12.1 Å². The predicted octanol–water partition coefficient (Wildman–Crippen LogP) is 3.40. The maximum Gasteiger partial charge on any atom is 0.216 e. The molecular formula is C24H28N6O2. The van der Waals surface area contributed by atoms with Crippen LogP contribution in [0.2, 0.25) is 0 Å². The molecule has 0 saturated heterocycles. The fourth-order valence-corrected chi connectivity index (χ4v) is 4.55. The van der Waals surface area contributed by atoms with Gasteiger partial charge in [-0.05, 0) is 42.2 Å². The molecule has 1 atom stereocenters. The lowest BCUT2D eigenvalue weighted by molar-refractivity contribution is 0.171. The summed E-state index contributed by atoms with van der Waals surface area (Å²) in [4.78, 5) is 14.5. The van der Waals surface area contributed by atoms with E-state index in [4.69, 9.17) is 19.5 Å². The van der Waals surface area contributed by atoms with Gasteiger partial charge in [0, 0.05) is 6.54 Å². The van der Waals surface area contributed by atoms with E-state index < -0.39 is 0 Å². The van der Waals surface area contributed by atoms with Crippen LogP contribution in [0.15, 0.2) is 47.5 Å². The van der Waals surface area contributed by atoms with E-state index in [1.54, 1.807) is 0 Å². The quantitative estimate of drug-likeness (QED) is 0.682. The number of benzene rings is 2. The van der Waals surface area contributed by atoms with Crippen molar-refractivity contribution in [2.24, 2.45) is 10.9 Å². The van der Waals surface area contributed by atoms with Crippen molar-refractivity contribution in [3.63, 3.8) is 0 Å². The molecule has 3 aliphatic rings. The summed E-state index contributed by atoms with van der Waals surface area (Å²) in [5.74, 6) is 4.04. The van der Waals surface area contributed by atoms with E-state index in [1.165, 1.54) is 0 Å². The van der Waals surface area contributed by atoms with Gasteiger partial charge in [-0.15, -0.1) is 0 Å². The van der Waals surface area contributed by atoms with Gasteiger partial charge in [-0.3, -0.25) is 14.4 Å². The van der Waals surface area contributed by atoms with Crippen molar-refractivity contribution in [2.75, 3.05) is 38.0 Å². The molecular weight excluding hydrogens is 404 g/mol. The molecule has 2 aromatic carbocycles. The molecule has 8 heteroatoms. The molecule has 0 radical (unpaired) electrons. The fraction of sp³-hybridized carbons (Fsp3) is 0.417. The summed E-state index contributed by atoms with van der Waals surface area (Å²) in [7, 11) is 0. The number of nitrogens with one attached hydrogen (secondary N) is 1. The van der Waals surface area contributed by atoms with Crippen molar-refractivity contribution in [1.29, 1.82) is 0 Å². The van der Waals surface area contributed by atoms with E-state index in [-0.39, 0.29) is 6.17 Å². The molecule has 0 aliphatic carbocycles. The fourth-order valence-electron chi connectivity index (χ4n) is 4.55. The number of ether oxygens (including phenoxy) is 2. The summed E-state index contributed by atoms with van der Waals surface area (Å²) in [6, 6.07) is 14.4. The minimum Gasteiger partial charge on any atom is -0.486 e. The first-order valence-corrected chi connectivity index (χ1v) is 11.3. The van der Waals surface area contributed by atoms with Crippen LogP contribution >= 0.6 is 0 Å². The van der Waals surface area contributed by atoms with Crippen molar-refractivity contribution < 1.29 is 9.47 Å². The Labute approximate surface area is 187 Å². The van der Waals surface area contributed by atoms with Gasteiger partial charge in [0.1, 0.15) is 19.4 Å². The van der Waals surface area contributed by atoms with Crippen molar-refractivity contribution in [1.82, 2.24) is 19.8 Å². The third kappa shape index (κ3) is 3.26. The average Bonchev–Trinajstić information content (AvgIpc) is 3.22. The van der Waals surface area contributed by atoms with Crippen LogP contribution in [0.5, 0.6) is 11.5 Å². The topological polar surface area (TPSA) is 67.2 Å². The van der Waals surface area contributed by atoms with Gasteiger partial charge >= 0.3 is 0 Å². The van der Waals surface area contributed by atoms with Gasteiger partial charge in [0.15, 0.2) is 11.5 Å². The second-order valence-corrected chi connectivity index (χ2v) is 8.99. The Morgan fingerprint density at radius 1 is 1.09 bits per heavy atom. The summed E-state index contributed by atoms with van der Waals surface area (Å²) in [6.07, 6.45) is 1.02. The molecule has 3 aromatic rings. The van der Waals surface area contributed by atoms with Gasteiger partial charge in [-0.25, -0.2) is 9.98 Å². The molecule has 0 bridgehead atoms. The van der Waals surface area contributed by atoms with Gasteiger partial charge in [-0.2, -0.15) is 0 Å². The van der Waals surface area contributed by atoms with Crippen LogP contribution in [0, 0.1) is 5.92 Å². The molecule has 4 heterocycles. The van der Waals surface area contributed by atoms with E-state index in [0.717, 1.165) is 59.6 Å². The number of aliphatic imine (C=N–C) groups is 1. The van der Waals surface area contributed by atoms with E-state index in [9.17, 15) is 0 Å². The lowest BCUT2D eigenvalue weighted by Gasteiger charge is -2.42. The Morgan fingerprint density at radius 2 is 1.94 bits per heavy atom. The molecule has 166 valence electrons. The van der Waals surface area contributed by atoms with Crippen LogP contribution in [0.25, 0.3) is 11.0 Å². The van der Waals surface area contributed by atoms with Crippen LogP contribution in [0.4, 0.5) is 5.95 Å². The van der Waals surface area contributed by atoms with Gasteiger partial charge in [0.05, 0.1) is 24.4 Å². The van der Waals surface area contributed by atoms with E-state index >= 15 is 0 Å². The highest BCUT2D eigenvalue weighted by molar-refractivity contribution is 5.98. The maximum atomic E-state index is 5.85. The molecule has 0 amide bonds. The molecule has 1 aromatic heterocycles. The summed E-state index contributed by atoms with van der Waals surface area (Å²) in [5, 5.41) is 3.67. The number of nitrogens with zero attached hydrogens (tertiary/aromatic N) is 5. The molecule has 0 saturated carbocycles. The molecule has 8 nitrogen and oxygen atoms in total. The first-order chi connectivity index (χ1) is 15.7. The summed E-state index contributed by atoms with van der Waals surface area (Å²) >= 11 is 0. The van der Waals surface area contributed by atoms with Crippen molar-refractivity contribution in [2.45, 2.75) is 26.4 Å². The molecule has 32 heavy (non-hydrogen) atoms. The number of aromatic nitrogens is 2. The Bertz CT molecular complexity index is 1190. The zero-order valence-electron chi connectivity index (χ0n) is 18.5. The van der Waals surface area contributed by atoms with Crippen LogP contribution in [0.3, 0.4) is 0 Å². The number of para-hydroxylation sites is 2. The molecule has 1 unspecified atom stereocenters. The van der Waals surface area contributed by atoms with Gasteiger partial charge in [-0.1, -0.05) is 32.0 Å². The first-order valence-electron chi connectivity index (χ1n) is 11.3. The van der Waals surface area contributed by atoms with Crippen LogP contribution in [0.1, 0.15) is 32.0 Å². The smallest absolute Gasteiger partial charge is 0.216 e. The second kappa shape index (κ2) is 7.70. The number of rotatable bonds is 4. The number of hydrogen-bond acceptors (Lipinski definition) is 7. The number of imidazole rings is 1. The Balaban J connectivity index is 1.42. The summed E-state index contributed by atoms with van der Waals surface area (Å²) < 4.78 is 13.8. The Kier molecular flexibility index (Phi) is 4.68. The van der Waals surface area contributed by atoms with Crippen molar-refractivity contribution >= 4 is 22.9 Å². The largest absolute Gasteiger partial charge is 0.486 e. The third-order valence-corrected chi connectivity index (χ3v) is 6.26. The number of hydrogen-bond donors (Lipinski definition) is 1. The Hall–Kier alpha value is -3.26. The monoisotopic (exact) mass is 432 g/mol. The molecule has 1 N–H and O–H groups in total. The highest BCUT2D eigenvalue weighted by atomic mass is 16.6. The van der Waals surface area contributed by atoms with Crippen LogP contribution in [-0.2, 0) is 0 Å². The first kappa shape index (κ1) is 19.4. The standard InChI is InChI=1S/C24H28N6O2/c1-16(2)9-10-28-14-25-23-27-22(17-7-8-20-21(13-17)32-12-11-31-20)30-19-6-4-3-5-18(19)26-24(30)29(23)15-28/h3-8,13,16,22H,9-12,14-15H2,1-2H3,(H,25,27). The molecule has 0 fully saturated rings. The molecule has 3 aliphatic heterocycles. The highest BCUT2D eigenvalue weighted by Gasteiger charge is 2.36. The lowest BCUT2D eigenvalue weighted by atomic mass is 10.1. The summed E-state index contributed by atoms with van der Waals surface area (Å²) in [5.41, 5.74) is 3.16. The number of guanidine groups is 1. The zero-order chi connectivity index (χ0) is 21.7. The van der Waals surface area contributed by atoms with Crippen molar-refractivity contribution in [3.8, 4) is 11.5 Å². The number of anilines is 1. The predicted molar refractivity (Wildman–Crippen MR) is 124 cm³/mol. The van der Waals surface area contributed by atoms with E-state index in [2.05, 4.69) is 63.9 Å². The minimum atomic E-state index is -0.134. The number of fused-ring (bicyclic) bond motifs is 6. The van der Waals surface area contributed by atoms with Crippen LogP contribution < -0.4 is 19.7 Å². The van der Waals surface area contributed by atoms with Gasteiger partial charge in [0.2, 0.25) is 11.9 Å². The zero-order valence-corrected chi connectivity index (χ0v) is 18.5. The maximum absolute atomic E-state index is 5.85. The third-order valence-electron chi connectivity index (χ3n) is 6.26. The average molecular weight is 433 g/mol. The lowest BCUT2D eigenvalue weighted by Crippen LogP contribution is -2.57. The van der Waals surface area contributed by atoms with Crippen LogP contribution in [-0.4, -0.2) is 53.5 Å². The highest BCUT2D eigenvalue weighted by Crippen LogP contribution is 2.37. The molecule has 6 rings (SSSR count). The molecule has 0 spiro atoms. The van der Waals surface area contributed by atoms with Gasteiger partial charge in [0.25, 0.3) is 0 Å². The minimum absolute atomic E-state index is 0.134. The normalized spacial score (nSPS) is 20.0. The SMILES string of the molecule is CC(C)CCN1CN=C2NC(c3ccc4c(c3)OCCO4)n3c(nc4ccccc43)N2C1. The van der Waals surface area contributed by atoms with Crippen molar-refractivity contribution in [3.05, 3.63) is 48.0 Å². The van der Waals surface area contributed by atoms with Gasteiger partial charge < -0.3 is 14.8 Å². The second-order valence-electron chi connectivity index (χ2n) is 8.99. The Morgan fingerprint density at radius 3 is 2.81 bits per heavy atom. The summed E-state index contributed by atoms with van der Waals surface area (Å²) in [6.45, 7) is 8.17. The van der Waals surface area contributed by atoms with E-state index in [0.29, 0.717) is 25.8 Å².